The van der Waals surface area contributed by atoms with E-state index >= 15 is 0 Å². The highest BCUT2D eigenvalue weighted by atomic mass is 79.9. The quantitative estimate of drug-likeness (QED) is 0.518. The predicted molar refractivity (Wildman–Crippen MR) is 97.0 cm³/mol. The molecule has 0 spiro atoms. The summed E-state index contributed by atoms with van der Waals surface area (Å²) in [5, 5.41) is 0. The van der Waals surface area contributed by atoms with Crippen molar-refractivity contribution in [3.8, 4) is 11.4 Å². The Morgan fingerprint density at radius 1 is 1.35 bits per heavy atom. The van der Waals surface area contributed by atoms with Gasteiger partial charge in [-0.1, -0.05) is 19.6 Å². The summed E-state index contributed by atoms with van der Waals surface area (Å²) in [5.41, 5.74) is 1.86. The van der Waals surface area contributed by atoms with E-state index in [-0.39, 0.29) is 0 Å². The second-order valence-electron chi connectivity index (χ2n) is 7.25. The molecule has 0 amide bonds. The minimum Gasteiger partial charge on any atom is -0.361 e. The molecule has 2 heterocycles. The van der Waals surface area contributed by atoms with Crippen LogP contribution in [-0.4, -0.2) is 34.2 Å². The zero-order valence-corrected chi connectivity index (χ0v) is 16.5. The number of hydrogen-bond donors (Lipinski definition) is 0. The lowest BCUT2D eigenvalue weighted by molar-refractivity contribution is 0.0861. The third-order valence-corrected chi connectivity index (χ3v) is 6.20. The maximum Gasteiger partial charge on any atom is 0.134 e. The molecule has 0 N–H and O–H groups in total. The lowest BCUT2D eigenvalue weighted by Gasteiger charge is -2.17. The number of halogens is 1. The number of nitrogens with zero attached hydrogens (tertiary/aromatic N) is 4. The summed E-state index contributed by atoms with van der Waals surface area (Å²) in [6, 6.07) is 3.08. The molecule has 2 aromatic heterocycles. The molecule has 0 aromatic carbocycles. The Morgan fingerprint density at radius 2 is 2.13 bits per heavy atom. The Kier molecular flexibility index (Phi) is 4.98. The molecule has 2 aromatic rings. The zero-order valence-electron chi connectivity index (χ0n) is 13.9. The van der Waals surface area contributed by atoms with Crippen molar-refractivity contribution in [3.05, 3.63) is 29.0 Å². The highest BCUT2D eigenvalue weighted by Gasteiger charge is 2.31. The summed E-state index contributed by atoms with van der Waals surface area (Å²) < 4.78 is 9.00. The number of imidazole rings is 1. The van der Waals surface area contributed by atoms with Gasteiger partial charge in [0.2, 0.25) is 0 Å². The van der Waals surface area contributed by atoms with Crippen LogP contribution in [0.2, 0.25) is 25.7 Å². The van der Waals surface area contributed by atoms with Crippen LogP contribution in [0.1, 0.15) is 24.6 Å². The summed E-state index contributed by atoms with van der Waals surface area (Å²) >= 11 is 3.60. The van der Waals surface area contributed by atoms with Crippen molar-refractivity contribution >= 4 is 24.0 Å². The fourth-order valence-electron chi connectivity index (χ4n) is 2.43. The summed E-state index contributed by atoms with van der Waals surface area (Å²) in [4.78, 5) is 13.1. The maximum atomic E-state index is 5.98. The second kappa shape index (κ2) is 6.82. The van der Waals surface area contributed by atoms with Gasteiger partial charge in [0.1, 0.15) is 29.2 Å². The van der Waals surface area contributed by atoms with E-state index in [1.54, 1.807) is 12.5 Å². The lowest BCUT2D eigenvalue weighted by Crippen LogP contribution is -2.22. The summed E-state index contributed by atoms with van der Waals surface area (Å²) in [5.74, 6) is 1.67. The van der Waals surface area contributed by atoms with Crippen LogP contribution in [0.5, 0.6) is 0 Å². The molecule has 0 aliphatic heterocycles. The van der Waals surface area contributed by atoms with E-state index in [4.69, 9.17) is 9.72 Å². The summed E-state index contributed by atoms with van der Waals surface area (Å²) in [6.45, 7) is 8.44. The van der Waals surface area contributed by atoms with Crippen LogP contribution in [0.15, 0.2) is 23.2 Å². The molecule has 5 nitrogen and oxygen atoms in total. The highest BCUT2D eigenvalue weighted by Crippen LogP contribution is 2.42. The first kappa shape index (κ1) is 16.8. The van der Waals surface area contributed by atoms with Crippen molar-refractivity contribution in [1.82, 2.24) is 19.5 Å². The van der Waals surface area contributed by atoms with E-state index in [1.165, 1.54) is 18.9 Å². The molecule has 0 saturated heterocycles. The molecule has 0 bridgehead atoms. The fourth-order valence-corrected chi connectivity index (χ4v) is 3.79. The topological polar surface area (TPSA) is 52.8 Å². The van der Waals surface area contributed by atoms with Crippen LogP contribution in [0.3, 0.4) is 0 Å². The SMILES string of the molecule is C[Si](C)(C)CCOCn1c(C2CC2)nc(Br)c1-c1ccncn1. The van der Waals surface area contributed by atoms with Crippen LogP contribution in [-0.2, 0) is 11.5 Å². The van der Waals surface area contributed by atoms with Gasteiger partial charge in [-0.05, 0) is 40.9 Å². The number of hydrogen-bond acceptors (Lipinski definition) is 4. The molecule has 1 aliphatic carbocycles. The van der Waals surface area contributed by atoms with Gasteiger partial charge in [-0.25, -0.2) is 15.0 Å². The third kappa shape index (κ3) is 4.27. The van der Waals surface area contributed by atoms with Gasteiger partial charge in [-0.2, -0.15) is 0 Å². The van der Waals surface area contributed by atoms with Gasteiger partial charge in [0, 0.05) is 26.8 Å². The maximum absolute atomic E-state index is 5.98. The minimum absolute atomic E-state index is 0.536. The van der Waals surface area contributed by atoms with Gasteiger partial charge in [-0.15, -0.1) is 0 Å². The average molecular weight is 395 g/mol. The van der Waals surface area contributed by atoms with Gasteiger partial charge in [-0.3, -0.25) is 0 Å². The minimum atomic E-state index is -1.07. The average Bonchev–Trinajstić information content (AvgIpc) is 3.28. The molecular formula is C16H23BrN4OSi. The molecule has 0 unspecified atom stereocenters. The first-order chi connectivity index (χ1) is 11.0. The Morgan fingerprint density at radius 3 is 2.74 bits per heavy atom. The van der Waals surface area contributed by atoms with Crippen LogP contribution in [0, 0.1) is 0 Å². The normalized spacial score (nSPS) is 15.1. The molecular weight excluding hydrogens is 372 g/mol. The van der Waals surface area contributed by atoms with Crippen LogP contribution in [0.4, 0.5) is 0 Å². The van der Waals surface area contributed by atoms with Gasteiger partial charge < -0.3 is 9.30 Å². The largest absolute Gasteiger partial charge is 0.361 e. The molecule has 0 atom stereocenters. The number of aromatic nitrogens is 4. The van der Waals surface area contributed by atoms with Crippen molar-refractivity contribution in [1.29, 1.82) is 0 Å². The standard InChI is InChI=1S/C16H23BrN4OSi/c1-23(2,3)9-8-22-11-21-14(13-6-7-18-10-19-13)15(17)20-16(21)12-4-5-12/h6-7,10,12H,4-5,8-9,11H2,1-3H3. The molecule has 1 fully saturated rings. The van der Waals surface area contributed by atoms with Gasteiger partial charge in [0.05, 0.1) is 5.69 Å². The van der Waals surface area contributed by atoms with Crippen molar-refractivity contribution in [3.63, 3.8) is 0 Å². The summed E-state index contributed by atoms with van der Waals surface area (Å²) in [7, 11) is -1.07. The van der Waals surface area contributed by atoms with E-state index in [0.29, 0.717) is 12.6 Å². The molecule has 1 aliphatic rings. The summed E-state index contributed by atoms with van der Waals surface area (Å²) in [6.07, 6.45) is 5.75. The first-order valence-corrected chi connectivity index (χ1v) is 12.6. The number of ether oxygens (including phenoxy) is 1. The predicted octanol–water partition coefficient (Wildman–Crippen LogP) is 4.29. The highest BCUT2D eigenvalue weighted by molar-refractivity contribution is 9.10. The van der Waals surface area contributed by atoms with Gasteiger partial charge >= 0.3 is 0 Å². The first-order valence-electron chi connectivity index (χ1n) is 8.06. The molecule has 3 rings (SSSR count). The van der Waals surface area contributed by atoms with E-state index < -0.39 is 8.07 Å². The molecule has 23 heavy (non-hydrogen) atoms. The Balaban J connectivity index is 1.82. The lowest BCUT2D eigenvalue weighted by atomic mass is 10.3. The molecule has 0 radical (unpaired) electrons. The Labute approximate surface area is 146 Å². The van der Waals surface area contributed by atoms with E-state index in [1.807, 2.05) is 6.07 Å². The number of rotatable bonds is 7. The molecule has 7 heteroatoms. The zero-order chi connectivity index (χ0) is 16.4. The van der Waals surface area contributed by atoms with Gasteiger partial charge in [0.25, 0.3) is 0 Å². The van der Waals surface area contributed by atoms with E-state index in [0.717, 1.165) is 28.4 Å². The van der Waals surface area contributed by atoms with E-state index in [9.17, 15) is 0 Å². The smallest absolute Gasteiger partial charge is 0.134 e. The Bertz CT molecular complexity index is 665. The second-order valence-corrected chi connectivity index (χ2v) is 13.6. The van der Waals surface area contributed by atoms with Crippen LogP contribution in [0.25, 0.3) is 11.4 Å². The van der Waals surface area contributed by atoms with Crippen LogP contribution < -0.4 is 0 Å². The van der Waals surface area contributed by atoms with E-state index in [2.05, 4.69) is 50.1 Å². The van der Waals surface area contributed by atoms with Crippen molar-refractivity contribution in [2.24, 2.45) is 0 Å². The molecule has 124 valence electrons. The molecule has 1 saturated carbocycles. The Hall–Kier alpha value is -1.05. The monoisotopic (exact) mass is 394 g/mol. The van der Waals surface area contributed by atoms with Crippen LogP contribution >= 0.6 is 15.9 Å². The third-order valence-electron chi connectivity index (χ3n) is 3.94. The fraction of sp³-hybridized carbons (Fsp3) is 0.562. The van der Waals surface area contributed by atoms with Crippen molar-refractivity contribution < 1.29 is 4.74 Å². The van der Waals surface area contributed by atoms with Gasteiger partial charge in [0.15, 0.2) is 0 Å². The van der Waals surface area contributed by atoms with Crippen molar-refractivity contribution in [2.75, 3.05) is 6.61 Å². The van der Waals surface area contributed by atoms with Crippen molar-refractivity contribution in [2.45, 2.75) is 51.2 Å².